The van der Waals surface area contributed by atoms with Crippen LogP contribution in [0.15, 0.2) is 73.1 Å². The van der Waals surface area contributed by atoms with Crippen LogP contribution in [0.1, 0.15) is 121 Å². The van der Waals surface area contributed by atoms with Crippen molar-refractivity contribution in [2.24, 2.45) is 0 Å². The molecule has 204 valence electrons. The Morgan fingerprint density at radius 3 is 1.51 bits per heavy atom. The average Bonchev–Trinajstić information content (AvgIpc) is 3.26. The fraction of sp³-hybridized carbons (Fsp3) is 0.600. The maximum Gasteiger partial charge on any atom is 0.123 e. The van der Waals surface area contributed by atoms with Crippen molar-refractivity contribution in [3.05, 3.63) is 84.2 Å². The summed E-state index contributed by atoms with van der Waals surface area (Å²) in [5, 5.41) is 0. The fourth-order valence-corrected chi connectivity index (χ4v) is 6.38. The highest BCUT2D eigenvalue weighted by atomic mass is 15.4. The van der Waals surface area contributed by atoms with Crippen LogP contribution in [-0.2, 0) is 6.42 Å². The molecular weight excluding hydrogens is 448 g/mol. The number of rotatable bonds is 19. The Morgan fingerprint density at radius 1 is 0.568 bits per heavy atom. The van der Waals surface area contributed by atoms with E-state index in [1.54, 1.807) is 0 Å². The van der Waals surface area contributed by atoms with Crippen molar-refractivity contribution in [2.75, 3.05) is 13.1 Å². The first kappa shape index (κ1) is 29.3. The van der Waals surface area contributed by atoms with Gasteiger partial charge in [-0.1, -0.05) is 146 Å². The lowest BCUT2D eigenvalue weighted by Crippen LogP contribution is -2.59. The lowest BCUT2D eigenvalue weighted by atomic mass is 9.78. The molecule has 37 heavy (non-hydrogen) atoms. The van der Waals surface area contributed by atoms with E-state index < -0.39 is 0 Å². The summed E-state index contributed by atoms with van der Waals surface area (Å²) in [5.74, 6) is 0.448. The summed E-state index contributed by atoms with van der Waals surface area (Å²) in [4.78, 5) is 5.50. The third-order valence-corrected chi connectivity index (χ3v) is 8.40. The highest BCUT2D eigenvalue weighted by molar-refractivity contribution is 5.30. The molecule has 2 aromatic carbocycles. The molecule has 1 aliphatic rings. The Bertz CT molecular complexity index is 833. The SMILES string of the molecule is CCCCCCCCN1C=CN(CCCCCCCC)C1(Cc1ccccc1)C(CC)c1ccccc1. The summed E-state index contributed by atoms with van der Waals surface area (Å²) in [7, 11) is 0. The van der Waals surface area contributed by atoms with Gasteiger partial charge in [0, 0.05) is 37.8 Å². The highest BCUT2D eigenvalue weighted by Gasteiger charge is 2.49. The largest absolute Gasteiger partial charge is 0.353 e. The Morgan fingerprint density at radius 2 is 1.03 bits per heavy atom. The van der Waals surface area contributed by atoms with Crippen LogP contribution in [0.5, 0.6) is 0 Å². The average molecular weight is 503 g/mol. The van der Waals surface area contributed by atoms with Gasteiger partial charge in [0.25, 0.3) is 0 Å². The highest BCUT2D eigenvalue weighted by Crippen LogP contribution is 2.45. The number of benzene rings is 2. The second-order valence-electron chi connectivity index (χ2n) is 11.1. The van der Waals surface area contributed by atoms with E-state index in [1.807, 2.05) is 0 Å². The van der Waals surface area contributed by atoms with Gasteiger partial charge < -0.3 is 9.80 Å². The van der Waals surface area contributed by atoms with E-state index in [2.05, 4.69) is 104 Å². The molecule has 0 saturated carbocycles. The minimum atomic E-state index is -0.0513. The third-order valence-electron chi connectivity index (χ3n) is 8.40. The quantitative estimate of drug-likeness (QED) is 0.176. The molecule has 0 amide bonds. The first-order valence-electron chi connectivity index (χ1n) is 15.6. The van der Waals surface area contributed by atoms with Crippen LogP contribution in [-0.4, -0.2) is 28.6 Å². The van der Waals surface area contributed by atoms with E-state index in [0.717, 1.165) is 25.9 Å². The summed E-state index contributed by atoms with van der Waals surface area (Å²) in [6.45, 7) is 9.30. The van der Waals surface area contributed by atoms with Gasteiger partial charge in [0.15, 0.2) is 0 Å². The van der Waals surface area contributed by atoms with Crippen molar-refractivity contribution >= 4 is 0 Å². The van der Waals surface area contributed by atoms with Crippen LogP contribution in [0.25, 0.3) is 0 Å². The third kappa shape index (κ3) is 8.39. The van der Waals surface area contributed by atoms with Crippen molar-refractivity contribution in [1.29, 1.82) is 0 Å². The summed E-state index contributed by atoms with van der Waals surface area (Å²) in [6, 6.07) is 22.6. The van der Waals surface area contributed by atoms with Crippen molar-refractivity contribution in [2.45, 2.75) is 122 Å². The smallest absolute Gasteiger partial charge is 0.123 e. The molecule has 0 fully saturated rings. The van der Waals surface area contributed by atoms with Gasteiger partial charge in [0.1, 0.15) is 5.66 Å². The summed E-state index contributed by atoms with van der Waals surface area (Å²) >= 11 is 0. The van der Waals surface area contributed by atoms with E-state index in [9.17, 15) is 0 Å². The van der Waals surface area contributed by atoms with Crippen molar-refractivity contribution in [3.8, 4) is 0 Å². The minimum absolute atomic E-state index is 0.0513. The first-order chi connectivity index (χ1) is 18.3. The summed E-state index contributed by atoms with van der Waals surface area (Å²) < 4.78 is 0. The molecular formula is C35H54N2. The van der Waals surface area contributed by atoms with Gasteiger partial charge in [-0.05, 0) is 30.4 Å². The first-order valence-corrected chi connectivity index (χ1v) is 15.6. The van der Waals surface area contributed by atoms with E-state index in [-0.39, 0.29) is 5.66 Å². The number of nitrogens with zero attached hydrogens (tertiary/aromatic N) is 2. The lowest BCUT2D eigenvalue weighted by molar-refractivity contribution is -0.00378. The number of hydrogen-bond acceptors (Lipinski definition) is 2. The van der Waals surface area contributed by atoms with Crippen LogP contribution in [0.2, 0.25) is 0 Å². The zero-order chi connectivity index (χ0) is 26.2. The van der Waals surface area contributed by atoms with E-state index in [0.29, 0.717) is 5.92 Å². The molecule has 0 radical (unpaired) electrons. The Hall–Kier alpha value is -2.22. The molecule has 0 spiro atoms. The van der Waals surface area contributed by atoms with E-state index >= 15 is 0 Å². The maximum absolute atomic E-state index is 2.75. The summed E-state index contributed by atoms with van der Waals surface area (Å²) in [5.41, 5.74) is 2.87. The van der Waals surface area contributed by atoms with Crippen LogP contribution >= 0.6 is 0 Å². The van der Waals surface area contributed by atoms with Gasteiger partial charge in [-0.15, -0.1) is 0 Å². The molecule has 2 aromatic rings. The maximum atomic E-state index is 2.75. The molecule has 0 aromatic heterocycles. The molecule has 1 heterocycles. The monoisotopic (exact) mass is 502 g/mol. The van der Waals surface area contributed by atoms with Crippen molar-refractivity contribution < 1.29 is 0 Å². The van der Waals surface area contributed by atoms with Gasteiger partial charge >= 0.3 is 0 Å². The molecule has 1 unspecified atom stereocenters. The molecule has 0 aliphatic carbocycles. The van der Waals surface area contributed by atoms with Gasteiger partial charge in [0.05, 0.1) is 0 Å². The second-order valence-corrected chi connectivity index (χ2v) is 11.1. The zero-order valence-electron chi connectivity index (χ0n) is 24.2. The normalized spacial score (nSPS) is 15.4. The van der Waals surface area contributed by atoms with Crippen LogP contribution in [0, 0.1) is 0 Å². The minimum Gasteiger partial charge on any atom is -0.353 e. The summed E-state index contributed by atoms with van der Waals surface area (Å²) in [6.07, 6.45) is 23.2. The lowest BCUT2D eigenvalue weighted by Gasteiger charge is -2.51. The Labute approximate surface area is 229 Å². The van der Waals surface area contributed by atoms with Crippen molar-refractivity contribution in [1.82, 2.24) is 9.80 Å². The standard InChI is InChI=1S/C35H54N2/c1-4-7-9-11-13-21-27-36-29-30-37(28-22-14-12-10-8-5-2)35(36,31-32-23-17-15-18-24-32)34(6-3)33-25-19-16-20-26-33/h15-20,23-26,29-30,34H,4-14,21-22,27-28,31H2,1-3H3. The van der Waals surface area contributed by atoms with Crippen molar-refractivity contribution in [3.63, 3.8) is 0 Å². The Balaban J connectivity index is 1.87. The van der Waals surface area contributed by atoms with Gasteiger partial charge in [-0.2, -0.15) is 0 Å². The molecule has 0 bridgehead atoms. The van der Waals surface area contributed by atoms with Crippen LogP contribution in [0.4, 0.5) is 0 Å². The molecule has 0 N–H and O–H groups in total. The molecule has 1 atom stereocenters. The molecule has 2 nitrogen and oxygen atoms in total. The van der Waals surface area contributed by atoms with Gasteiger partial charge in [0.2, 0.25) is 0 Å². The number of hydrogen-bond donors (Lipinski definition) is 0. The van der Waals surface area contributed by atoms with E-state index in [4.69, 9.17) is 0 Å². The van der Waals surface area contributed by atoms with Crippen LogP contribution in [0.3, 0.4) is 0 Å². The number of unbranched alkanes of at least 4 members (excludes halogenated alkanes) is 10. The molecule has 2 heteroatoms. The predicted molar refractivity (Wildman–Crippen MR) is 162 cm³/mol. The van der Waals surface area contributed by atoms with Gasteiger partial charge in [-0.25, -0.2) is 0 Å². The second kappa shape index (κ2) is 16.6. The molecule has 3 rings (SSSR count). The van der Waals surface area contributed by atoms with E-state index in [1.165, 1.54) is 88.2 Å². The molecule has 0 saturated heterocycles. The topological polar surface area (TPSA) is 6.48 Å². The fourth-order valence-electron chi connectivity index (χ4n) is 6.38. The zero-order valence-corrected chi connectivity index (χ0v) is 24.2. The van der Waals surface area contributed by atoms with Crippen LogP contribution < -0.4 is 0 Å². The van der Waals surface area contributed by atoms with Gasteiger partial charge in [-0.3, -0.25) is 0 Å². The molecule has 1 aliphatic heterocycles. The Kier molecular flexibility index (Phi) is 13.2. The predicted octanol–water partition coefficient (Wildman–Crippen LogP) is 9.93.